The standard InChI is InChI=1S/C8H5F3N4O/c9-8(10,11)14-7(16)5-3-12-6-1-2-13-15(6)4-5/h1-4H,(H,14,16). The van der Waals surface area contributed by atoms with Crippen molar-refractivity contribution in [2.45, 2.75) is 6.30 Å². The van der Waals surface area contributed by atoms with Gasteiger partial charge in [-0.3, -0.25) is 10.1 Å². The van der Waals surface area contributed by atoms with Gasteiger partial charge in [0.15, 0.2) is 5.65 Å². The van der Waals surface area contributed by atoms with E-state index < -0.39 is 12.2 Å². The van der Waals surface area contributed by atoms with Gasteiger partial charge in [-0.15, -0.1) is 0 Å². The van der Waals surface area contributed by atoms with Gasteiger partial charge in [0.05, 0.1) is 11.8 Å². The third-order valence-electron chi connectivity index (χ3n) is 1.76. The second kappa shape index (κ2) is 3.47. The monoisotopic (exact) mass is 230 g/mol. The van der Waals surface area contributed by atoms with Crippen LogP contribution < -0.4 is 5.32 Å². The molecule has 0 saturated carbocycles. The Balaban J connectivity index is 2.29. The number of rotatable bonds is 1. The SMILES string of the molecule is O=C(NC(F)(F)F)c1cnc2ccnn2c1. The van der Waals surface area contributed by atoms with Crippen molar-refractivity contribution in [1.82, 2.24) is 19.9 Å². The van der Waals surface area contributed by atoms with Crippen LogP contribution in [0.2, 0.25) is 0 Å². The maximum Gasteiger partial charge on any atom is 0.484 e. The quantitative estimate of drug-likeness (QED) is 0.743. The average Bonchev–Trinajstić information content (AvgIpc) is 2.61. The molecule has 5 nitrogen and oxygen atoms in total. The van der Waals surface area contributed by atoms with Crippen molar-refractivity contribution in [2.24, 2.45) is 0 Å². The highest BCUT2D eigenvalue weighted by atomic mass is 19.4. The molecular formula is C8H5F3N4O. The lowest BCUT2D eigenvalue weighted by Crippen LogP contribution is -2.37. The largest absolute Gasteiger partial charge is 0.484 e. The predicted molar refractivity (Wildman–Crippen MR) is 46.5 cm³/mol. The molecule has 0 bridgehead atoms. The van der Waals surface area contributed by atoms with Crippen molar-refractivity contribution in [1.29, 1.82) is 0 Å². The van der Waals surface area contributed by atoms with Gasteiger partial charge in [0.25, 0.3) is 5.91 Å². The molecule has 16 heavy (non-hydrogen) atoms. The zero-order chi connectivity index (χ0) is 11.8. The van der Waals surface area contributed by atoms with E-state index in [9.17, 15) is 18.0 Å². The van der Waals surface area contributed by atoms with Crippen LogP contribution in [0.25, 0.3) is 5.65 Å². The number of aromatic nitrogens is 3. The van der Waals surface area contributed by atoms with Gasteiger partial charge in [-0.2, -0.15) is 18.3 Å². The van der Waals surface area contributed by atoms with Crippen molar-refractivity contribution >= 4 is 11.6 Å². The van der Waals surface area contributed by atoms with Crippen molar-refractivity contribution in [3.05, 3.63) is 30.2 Å². The summed E-state index contributed by atoms with van der Waals surface area (Å²) in [5, 5.41) is 4.62. The highest BCUT2D eigenvalue weighted by Crippen LogP contribution is 2.11. The van der Waals surface area contributed by atoms with Crippen LogP contribution in [-0.2, 0) is 0 Å². The molecule has 0 aliphatic rings. The Morgan fingerprint density at radius 3 is 2.88 bits per heavy atom. The van der Waals surface area contributed by atoms with Crippen LogP contribution in [-0.4, -0.2) is 26.8 Å². The van der Waals surface area contributed by atoms with Gasteiger partial charge in [0.2, 0.25) is 0 Å². The molecule has 0 fully saturated rings. The number of carbonyl (C=O) groups excluding carboxylic acids is 1. The number of halogens is 3. The molecule has 1 amide bonds. The summed E-state index contributed by atoms with van der Waals surface area (Å²) >= 11 is 0. The first-order valence-electron chi connectivity index (χ1n) is 4.14. The molecule has 2 heterocycles. The summed E-state index contributed by atoms with van der Waals surface area (Å²) in [6.45, 7) is 0. The van der Waals surface area contributed by atoms with Crippen molar-refractivity contribution in [2.75, 3.05) is 0 Å². The van der Waals surface area contributed by atoms with Gasteiger partial charge >= 0.3 is 6.30 Å². The first kappa shape index (κ1) is 10.4. The summed E-state index contributed by atoms with van der Waals surface area (Å²) in [6, 6.07) is 1.56. The lowest BCUT2D eigenvalue weighted by molar-refractivity contribution is -0.146. The van der Waals surface area contributed by atoms with E-state index in [2.05, 4.69) is 10.1 Å². The Hall–Kier alpha value is -2.12. The topological polar surface area (TPSA) is 59.3 Å². The number of carbonyl (C=O) groups is 1. The number of nitrogens with zero attached hydrogens (tertiary/aromatic N) is 3. The second-order valence-corrected chi connectivity index (χ2v) is 2.93. The molecule has 1 N–H and O–H groups in total. The van der Waals surface area contributed by atoms with Crippen LogP contribution in [0, 0.1) is 0 Å². The van der Waals surface area contributed by atoms with Gasteiger partial charge in [0.1, 0.15) is 0 Å². The summed E-state index contributed by atoms with van der Waals surface area (Å²) in [7, 11) is 0. The molecule has 0 aliphatic heterocycles. The zero-order valence-electron chi connectivity index (χ0n) is 7.69. The highest BCUT2D eigenvalue weighted by molar-refractivity contribution is 5.93. The Morgan fingerprint density at radius 1 is 1.44 bits per heavy atom. The summed E-state index contributed by atoms with van der Waals surface area (Å²) in [4.78, 5) is 14.9. The Labute approximate surface area is 86.9 Å². The van der Waals surface area contributed by atoms with Gasteiger partial charge in [-0.25, -0.2) is 9.50 Å². The minimum atomic E-state index is -4.75. The minimum Gasteiger partial charge on any atom is -0.269 e. The van der Waals surface area contributed by atoms with Gasteiger partial charge in [-0.1, -0.05) is 0 Å². The number of amides is 1. The number of alkyl halides is 3. The number of fused-ring (bicyclic) bond motifs is 1. The van der Waals surface area contributed by atoms with E-state index in [1.807, 2.05) is 0 Å². The predicted octanol–water partition coefficient (Wildman–Crippen LogP) is 0.979. The molecule has 2 rings (SSSR count). The molecule has 0 spiro atoms. The Kier molecular flexibility index (Phi) is 2.26. The van der Waals surface area contributed by atoms with E-state index in [1.165, 1.54) is 16.9 Å². The number of nitrogens with one attached hydrogen (secondary N) is 1. The van der Waals surface area contributed by atoms with Gasteiger partial charge in [0, 0.05) is 18.5 Å². The first-order valence-corrected chi connectivity index (χ1v) is 4.14. The van der Waals surface area contributed by atoms with Gasteiger partial charge in [-0.05, 0) is 0 Å². The maximum atomic E-state index is 11.9. The third-order valence-corrected chi connectivity index (χ3v) is 1.76. The van der Waals surface area contributed by atoms with E-state index in [4.69, 9.17) is 0 Å². The van der Waals surface area contributed by atoms with Crippen molar-refractivity contribution in [3.8, 4) is 0 Å². The average molecular weight is 230 g/mol. The Morgan fingerprint density at radius 2 is 2.19 bits per heavy atom. The molecule has 2 aromatic rings. The smallest absolute Gasteiger partial charge is 0.269 e. The molecule has 0 aliphatic carbocycles. The molecule has 0 aromatic carbocycles. The molecule has 0 unspecified atom stereocenters. The molecule has 2 aromatic heterocycles. The fourth-order valence-electron chi connectivity index (χ4n) is 1.13. The number of hydrogen-bond donors (Lipinski definition) is 1. The van der Waals surface area contributed by atoms with E-state index in [-0.39, 0.29) is 5.56 Å². The summed E-state index contributed by atoms with van der Waals surface area (Å²) in [5.74, 6) is -1.27. The summed E-state index contributed by atoms with van der Waals surface area (Å²) in [5.41, 5.74) is 0.233. The van der Waals surface area contributed by atoms with E-state index >= 15 is 0 Å². The van der Waals surface area contributed by atoms with E-state index in [1.54, 1.807) is 6.07 Å². The summed E-state index contributed by atoms with van der Waals surface area (Å²) in [6.07, 6.45) is -1.11. The molecular weight excluding hydrogens is 225 g/mol. The van der Waals surface area contributed by atoms with Crippen LogP contribution in [0.4, 0.5) is 13.2 Å². The minimum absolute atomic E-state index is 0.214. The van der Waals surface area contributed by atoms with Crippen molar-refractivity contribution < 1.29 is 18.0 Å². The van der Waals surface area contributed by atoms with E-state index in [0.29, 0.717) is 5.65 Å². The Bertz CT molecular complexity index is 533. The molecule has 0 atom stereocenters. The molecule has 84 valence electrons. The van der Waals surface area contributed by atoms with Crippen LogP contribution in [0.5, 0.6) is 0 Å². The van der Waals surface area contributed by atoms with Crippen LogP contribution in [0.1, 0.15) is 10.4 Å². The fourth-order valence-corrected chi connectivity index (χ4v) is 1.13. The molecule has 8 heteroatoms. The van der Waals surface area contributed by atoms with Crippen LogP contribution >= 0.6 is 0 Å². The fraction of sp³-hybridized carbons (Fsp3) is 0.125. The maximum absolute atomic E-state index is 11.9. The lowest BCUT2D eigenvalue weighted by Gasteiger charge is -2.07. The summed E-state index contributed by atoms with van der Waals surface area (Å²) < 4.78 is 36.8. The number of hydrogen-bond acceptors (Lipinski definition) is 3. The molecule has 0 radical (unpaired) electrons. The van der Waals surface area contributed by atoms with Gasteiger partial charge < -0.3 is 0 Å². The van der Waals surface area contributed by atoms with Crippen molar-refractivity contribution in [3.63, 3.8) is 0 Å². The third kappa shape index (κ3) is 2.10. The van der Waals surface area contributed by atoms with Crippen LogP contribution in [0.3, 0.4) is 0 Å². The molecule has 0 saturated heterocycles. The lowest BCUT2D eigenvalue weighted by atomic mass is 10.3. The first-order chi connectivity index (χ1) is 7.46. The normalized spacial score (nSPS) is 11.7. The highest BCUT2D eigenvalue weighted by Gasteiger charge is 2.30. The second-order valence-electron chi connectivity index (χ2n) is 2.93. The van der Waals surface area contributed by atoms with E-state index in [0.717, 1.165) is 11.5 Å². The zero-order valence-corrected chi connectivity index (χ0v) is 7.69. The van der Waals surface area contributed by atoms with Crippen LogP contribution in [0.15, 0.2) is 24.7 Å².